The first kappa shape index (κ1) is 17.9. The summed E-state index contributed by atoms with van der Waals surface area (Å²) in [5.74, 6) is 2.70. The Kier molecular flexibility index (Phi) is 8.89. The van der Waals surface area contributed by atoms with E-state index in [1.807, 2.05) is 41.5 Å². The number of hydrogen-bond acceptors (Lipinski definition) is 2. The lowest BCUT2D eigenvalue weighted by Gasteiger charge is -2.25. The molecule has 0 amide bonds. The Labute approximate surface area is 114 Å². The van der Waals surface area contributed by atoms with E-state index in [0.717, 1.165) is 18.3 Å². The van der Waals surface area contributed by atoms with Crippen molar-refractivity contribution in [2.75, 3.05) is 0 Å². The maximum atomic E-state index is 9.74. The molecule has 3 saturated carbocycles. The lowest BCUT2D eigenvalue weighted by molar-refractivity contribution is 0.00654. The van der Waals surface area contributed by atoms with Gasteiger partial charge in [0.1, 0.15) is 0 Å². The predicted octanol–water partition coefficient (Wildman–Crippen LogP) is 3.85. The van der Waals surface area contributed by atoms with E-state index in [4.69, 9.17) is 0 Å². The molecule has 6 atom stereocenters. The van der Waals surface area contributed by atoms with Gasteiger partial charge in [-0.05, 0) is 49.4 Å². The Hall–Kier alpha value is -0.0800. The van der Waals surface area contributed by atoms with Gasteiger partial charge in [-0.2, -0.15) is 0 Å². The van der Waals surface area contributed by atoms with Gasteiger partial charge >= 0.3 is 0 Å². The van der Waals surface area contributed by atoms with Crippen LogP contribution in [0.3, 0.4) is 0 Å². The van der Waals surface area contributed by atoms with Crippen LogP contribution in [0.2, 0.25) is 0 Å². The van der Waals surface area contributed by atoms with Crippen LogP contribution in [0.25, 0.3) is 0 Å². The maximum Gasteiger partial charge on any atom is 0.0832 e. The topological polar surface area (TPSA) is 40.5 Å². The molecule has 3 aliphatic carbocycles. The maximum absolute atomic E-state index is 9.74. The van der Waals surface area contributed by atoms with E-state index in [-0.39, 0.29) is 0 Å². The number of aliphatic hydroxyl groups is 2. The van der Waals surface area contributed by atoms with E-state index in [1.54, 1.807) is 0 Å². The Balaban J connectivity index is 0.000000429. The largest absolute Gasteiger partial charge is 0.390 e. The first-order valence-electron chi connectivity index (χ1n) is 8.13. The Morgan fingerprint density at radius 2 is 1.22 bits per heavy atom. The number of hydrogen-bond donors (Lipinski definition) is 2. The minimum Gasteiger partial charge on any atom is -0.390 e. The van der Waals surface area contributed by atoms with E-state index in [0.29, 0.717) is 11.8 Å². The SMILES string of the molecule is CC.CC.CC.OC1CC2C3CCC(C3)C2C1O. The molecule has 2 bridgehead atoms. The molecular formula is C16H34O2. The number of aliphatic hydroxyl groups excluding tert-OH is 2. The average Bonchev–Trinajstić information content (AvgIpc) is 3.12. The Bertz CT molecular complexity index is 203. The quantitative estimate of drug-likeness (QED) is 0.693. The van der Waals surface area contributed by atoms with E-state index in [9.17, 15) is 10.2 Å². The first-order chi connectivity index (χ1) is 8.77. The molecule has 0 heterocycles. The number of fused-ring (bicyclic) bond motifs is 5. The summed E-state index contributed by atoms with van der Waals surface area (Å²) in [6.45, 7) is 12.0. The van der Waals surface area contributed by atoms with Gasteiger partial charge in [-0.25, -0.2) is 0 Å². The zero-order valence-electron chi connectivity index (χ0n) is 13.2. The van der Waals surface area contributed by atoms with Crippen molar-refractivity contribution in [3.8, 4) is 0 Å². The smallest absolute Gasteiger partial charge is 0.0832 e. The summed E-state index contributed by atoms with van der Waals surface area (Å²) < 4.78 is 0. The van der Waals surface area contributed by atoms with Crippen molar-refractivity contribution in [1.29, 1.82) is 0 Å². The van der Waals surface area contributed by atoms with Crippen LogP contribution >= 0.6 is 0 Å². The van der Waals surface area contributed by atoms with Gasteiger partial charge in [0.25, 0.3) is 0 Å². The predicted molar refractivity (Wildman–Crippen MR) is 78.5 cm³/mol. The van der Waals surface area contributed by atoms with Gasteiger partial charge in [0.05, 0.1) is 12.2 Å². The second kappa shape index (κ2) is 8.92. The van der Waals surface area contributed by atoms with Crippen molar-refractivity contribution in [2.24, 2.45) is 23.7 Å². The Morgan fingerprint density at radius 1 is 0.722 bits per heavy atom. The van der Waals surface area contributed by atoms with Crippen LogP contribution in [0.5, 0.6) is 0 Å². The molecule has 0 aliphatic heterocycles. The van der Waals surface area contributed by atoms with E-state index >= 15 is 0 Å². The number of rotatable bonds is 0. The molecule has 2 nitrogen and oxygen atoms in total. The van der Waals surface area contributed by atoms with Crippen LogP contribution in [0.15, 0.2) is 0 Å². The zero-order chi connectivity index (χ0) is 14.3. The van der Waals surface area contributed by atoms with Crippen LogP contribution in [-0.2, 0) is 0 Å². The lowest BCUT2D eigenvalue weighted by Crippen LogP contribution is -2.29. The fraction of sp³-hybridized carbons (Fsp3) is 1.00. The molecule has 2 N–H and O–H groups in total. The van der Waals surface area contributed by atoms with Crippen molar-refractivity contribution in [2.45, 2.75) is 79.4 Å². The van der Waals surface area contributed by atoms with Crippen molar-refractivity contribution in [3.05, 3.63) is 0 Å². The zero-order valence-corrected chi connectivity index (χ0v) is 13.2. The summed E-state index contributed by atoms with van der Waals surface area (Å²) in [5.41, 5.74) is 0. The van der Waals surface area contributed by atoms with Crippen molar-refractivity contribution in [3.63, 3.8) is 0 Å². The highest BCUT2D eigenvalue weighted by Crippen LogP contribution is 2.58. The fourth-order valence-electron chi connectivity index (χ4n) is 4.01. The summed E-state index contributed by atoms with van der Waals surface area (Å²) in [5, 5.41) is 19.3. The molecule has 0 aromatic carbocycles. The molecule has 3 rings (SSSR count). The van der Waals surface area contributed by atoms with Crippen LogP contribution < -0.4 is 0 Å². The molecule has 3 aliphatic rings. The molecule has 0 spiro atoms. The summed E-state index contributed by atoms with van der Waals surface area (Å²) in [4.78, 5) is 0. The standard InChI is InChI=1S/C10H16O2.3C2H6/c11-8-4-7-5-1-2-6(3-5)9(7)10(8)12;3*1-2/h5-12H,1-4H2;3*1-2H3. The third-order valence-electron chi connectivity index (χ3n) is 4.46. The van der Waals surface area contributed by atoms with Crippen LogP contribution in [0, 0.1) is 23.7 Å². The van der Waals surface area contributed by atoms with Gasteiger partial charge in [0.2, 0.25) is 0 Å². The molecule has 2 heteroatoms. The van der Waals surface area contributed by atoms with E-state index < -0.39 is 12.2 Å². The third kappa shape index (κ3) is 3.27. The highest BCUT2D eigenvalue weighted by Gasteiger charge is 2.55. The second-order valence-electron chi connectivity index (χ2n) is 4.87. The third-order valence-corrected chi connectivity index (χ3v) is 4.46. The van der Waals surface area contributed by atoms with E-state index in [2.05, 4.69) is 0 Å². The first-order valence-corrected chi connectivity index (χ1v) is 8.13. The van der Waals surface area contributed by atoms with E-state index in [1.165, 1.54) is 19.3 Å². The molecule has 6 unspecified atom stereocenters. The monoisotopic (exact) mass is 258 g/mol. The van der Waals surface area contributed by atoms with Crippen LogP contribution in [-0.4, -0.2) is 22.4 Å². The second-order valence-corrected chi connectivity index (χ2v) is 4.87. The van der Waals surface area contributed by atoms with Gasteiger partial charge in [-0.15, -0.1) is 0 Å². The molecule has 110 valence electrons. The van der Waals surface area contributed by atoms with Crippen molar-refractivity contribution >= 4 is 0 Å². The minimum absolute atomic E-state index is 0.398. The fourth-order valence-corrected chi connectivity index (χ4v) is 4.01. The average molecular weight is 258 g/mol. The summed E-state index contributed by atoms with van der Waals surface area (Å²) >= 11 is 0. The molecule has 0 saturated heterocycles. The normalized spacial score (nSPS) is 42.7. The van der Waals surface area contributed by atoms with Crippen LogP contribution in [0.4, 0.5) is 0 Å². The lowest BCUT2D eigenvalue weighted by atomic mass is 9.81. The van der Waals surface area contributed by atoms with Gasteiger partial charge < -0.3 is 10.2 Å². The highest BCUT2D eigenvalue weighted by molar-refractivity contribution is 5.05. The molecule has 0 aromatic rings. The highest BCUT2D eigenvalue weighted by atomic mass is 16.3. The molecule has 3 fully saturated rings. The van der Waals surface area contributed by atoms with Gasteiger partial charge in [-0.1, -0.05) is 41.5 Å². The van der Waals surface area contributed by atoms with Crippen molar-refractivity contribution in [1.82, 2.24) is 0 Å². The minimum atomic E-state index is -0.414. The Morgan fingerprint density at radius 3 is 1.72 bits per heavy atom. The molecule has 0 radical (unpaired) electrons. The molecule has 0 aromatic heterocycles. The van der Waals surface area contributed by atoms with Crippen LogP contribution in [0.1, 0.15) is 67.2 Å². The van der Waals surface area contributed by atoms with Crippen molar-refractivity contribution < 1.29 is 10.2 Å². The van der Waals surface area contributed by atoms with Gasteiger partial charge in [0, 0.05) is 0 Å². The summed E-state index contributed by atoms with van der Waals surface area (Å²) in [7, 11) is 0. The van der Waals surface area contributed by atoms with Gasteiger partial charge in [0.15, 0.2) is 0 Å². The molecular weight excluding hydrogens is 224 g/mol. The molecule has 18 heavy (non-hydrogen) atoms. The summed E-state index contributed by atoms with van der Waals surface area (Å²) in [6.07, 6.45) is 4.04. The van der Waals surface area contributed by atoms with Gasteiger partial charge in [-0.3, -0.25) is 0 Å². The summed E-state index contributed by atoms with van der Waals surface area (Å²) in [6, 6.07) is 0.